The number of nitrogens with two attached hydrogens (primary N) is 1. The fourth-order valence-electron chi connectivity index (χ4n) is 2.34. The standard InChI is InChI=1S/C15H22N2/c1-12-5-7-14(8-6-12)15(16)11-17-9-3-4-13(2)10-17/h4-8,15H,3,9-11,16H2,1-2H3. The van der Waals surface area contributed by atoms with E-state index in [1.54, 1.807) is 0 Å². The Balaban J connectivity index is 1.95. The summed E-state index contributed by atoms with van der Waals surface area (Å²) in [5.74, 6) is 0. The second-order valence-electron chi connectivity index (χ2n) is 5.09. The van der Waals surface area contributed by atoms with E-state index in [0.717, 1.165) is 26.1 Å². The van der Waals surface area contributed by atoms with E-state index in [1.807, 2.05) is 0 Å². The van der Waals surface area contributed by atoms with Crippen LogP contribution in [-0.2, 0) is 0 Å². The molecule has 17 heavy (non-hydrogen) atoms. The number of rotatable bonds is 3. The Hall–Kier alpha value is -1.12. The van der Waals surface area contributed by atoms with E-state index in [0.29, 0.717) is 0 Å². The predicted octanol–water partition coefficient (Wildman–Crippen LogP) is 2.65. The topological polar surface area (TPSA) is 29.3 Å². The first-order valence-electron chi connectivity index (χ1n) is 6.35. The van der Waals surface area contributed by atoms with Crippen LogP contribution in [0.1, 0.15) is 30.5 Å². The Morgan fingerprint density at radius 3 is 2.59 bits per heavy atom. The molecule has 1 atom stereocenters. The third kappa shape index (κ3) is 3.42. The zero-order valence-corrected chi connectivity index (χ0v) is 10.8. The summed E-state index contributed by atoms with van der Waals surface area (Å²) in [4.78, 5) is 2.44. The molecule has 92 valence electrons. The molecule has 0 saturated carbocycles. The lowest BCUT2D eigenvalue weighted by Gasteiger charge is -2.28. The van der Waals surface area contributed by atoms with Crippen LogP contribution in [0, 0.1) is 6.92 Å². The normalized spacial score (nSPS) is 18.9. The molecule has 0 radical (unpaired) electrons. The van der Waals surface area contributed by atoms with Crippen LogP contribution in [0.15, 0.2) is 35.9 Å². The summed E-state index contributed by atoms with van der Waals surface area (Å²) in [6.07, 6.45) is 3.49. The fraction of sp³-hybridized carbons (Fsp3) is 0.467. The Morgan fingerprint density at radius 2 is 1.94 bits per heavy atom. The zero-order chi connectivity index (χ0) is 12.3. The number of aryl methyl sites for hydroxylation is 1. The van der Waals surface area contributed by atoms with Crippen molar-refractivity contribution < 1.29 is 0 Å². The van der Waals surface area contributed by atoms with Gasteiger partial charge in [0, 0.05) is 25.7 Å². The van der Waals surface area contributed by atoms with E-state index in [2.05, 4.69) is 49.1 Å². The summed E-state index contributed by atoms with van der Waals surface area (Å²) in [5, 5.41) is 0. The van der Waals surface area contributed by atoms with Crippen LogP contribution >= 0.6 is 0 Å². The molecule has 1 aromatic rings. The molecular weight excluding hydrogens is 208 g/mol. The van der Waals surface area contributed by atoms with Gasteiger partial charge in [0.05, 0.1) is 0 Å². The molecule has 2 N–H and O–H groups in total. The van der Waals surface area contributed by atoms with Crippen molar-refractivity contribution in [3.8, 4) is 0 Å². The SMILES string of the molecule is CC1=CCCN(CC(N)c2ccc(C)cc2)C1. The lowest BCUT2D eigenvalue weighted by molar-refractivity contribution is 0.272. The van der Waals surface area contributed by atoms with E-state index in [9.17, 15) is 0 Å². The molecule has 0 saturated heterocycles. The van der Waals surface area contributed by atoms with Gasteiger partial charge in [-0.3, -0.25) is 4.90 Å². The second-order valence-corrected chi connectivity index (χ2v) is 5.09. The van der Waals surface area contributed by atoms with Crippen molar-refractivity contribution in [1.82, 2.24) is 4.90 Å². The molecule has 0 spiro atoms. The highest BCUT2D eigenvalue weighted by molar-refractivity contribution is 5.24. The maximum atomic E-state index is 6.26. The number of nitrogens with zero attached hydrogens (tertiary/aromatic N) is 1. The van der Waals surface area contributed by atoms with Crippen LogP contribution in [0.25, 0.3) is 0 Å². The van der Waals surface area contributed by atoms with Crippen LogP contribution < -0.4 is 5.73 Å². The van der Waals surface area contributed by atoms with Crippen LogP contribution in [0.2, 0.25) is 0 Å². The molecule has 1 heterocycles. The van der Waals surface area contributed by atoms with E-state index in [-0.39, 0.29) is 6.04 Å². The average molecular weight is 230 g/mol. The van der Waals surface area contributed by atoms with Crippen molar-refractivity contribution in [2.45, 2.75) is 26.3 Å². The van der Waals surface area contributed by atoms with Gasteiger partial charge in [0.1, 0.15) is 0 Å². The van der Waals surface area contributed by atoms with E-state index in [4.69, 9.17) is 5.73 Å². The molecule has 1 aliphatic rings. The van der Waals surface area contributed by atoms with Crippen molar-refractivity contribution in [3.63, 3.8) is 0 Å². The minimum atomic E-state index is 0.126. The lowest BCUT2D eigenvalue weighted by atomic mass is 10.0. The van der Waals surface area contributed by atoms with Gasteiger partial charge in [-0.15, -0.1) is 0 Å². The van der Waals surface area contributed by atoms with Gasteiger partial charge < -0.3 is 5.73 Å². The van der Waals surface area contributed by atoms with Crippen LogP contribution in [0.4, 0.5) is 0 Å². The predicted molar refractivity (Wildman–Crippen MR) is 72.9 cm³/mol. The first-order chi connectivity index (χ1) is 8.15. The molecular formula is C15H22N2. The van der Waals surface area contributed by atoms with Gasteiger partial charge in [-0.2, -0.15) is 0 Å². The molecule has 0 fully saturated rings. The molecule has 2 nitrogen and oxygen atoms in total. The molecule has 0 aromatic heterocycles. The van der Waals surface area contributed by atoms with Gasteiger partial charge in [-0.1, -0.05) is 41.5 Å². The molecule has 0 aliphatic carbocycles. The minimum absolute atomic E-state index is 0.126. The molecule has 2 rings (SSSR count). The van der Waals surface area contributed by atoms with Crippen LogP contribution in [-0.4, -0.2) is 24.5 Å². The Bertz CT molecular complexity index is 392. The Kier molecular flexibility index (Phi) is 3.97. The Morgan fingerprint density at radius 1 is 1.24 bits per heavy atom. The smallest absolute Gasteiger partial charge is 0.0424 e. The maximum Gasteiger partial charge on any atom is 0.0424 e. The first kappa shape index (κ1) is 12.3. The van der Waals surface area contributed by atoms with Gasteiger partial charge in [0.15, 0.2) is 0 Å². The van der Waals surface area contributed by atoms with Gasteiger partial charge in [-0.25, -0.2) is 0 Å². The number of hydrogen-bond acceptors (Lipinski definition) is 2. The van der Waals surface area contributed by atoms with Crippen LogP contribution in [0.5, 0.6) is 0 Å². The summed E-state index contributed by atoms with van der Waals surface area (Å²) >= 11 is 0. The average Bonchev–Trinajstić information content (AvgIpc) is 2.29. The van der Waals surface area contributed by atoms with Crippen LogP contribution in [0.3, 0.4) is 0 Å². The van der Waals surface area contributed by atoms with Crippen molar-refractivity contribution >= 4 is 0 Å². The summed E-state index contributed by atoms with van der Waals surface area (Å²) in [6, 6.07) is 8.69. The van der Waals surface area contributed by atoms with Crippen molar-refractivity contribution in [2.24, 2.45) is 5.73 Å². The van der Waals surface area contributed by atoms with Crippen molar-refractivity contribution in [1.29, 1.82) is 0 Å². The number of benzene rings is 1. The Labute approximate surface area is 104 Å². The van der Waals surface area contributed by atoms with Crippen molar-refractivity contribution in [2.75, 3.05) is 19.6 Å². The van der Waals surface area contributed by atoms with E-state index < -0.39 is 0 Å². The third-order valence-electron chi connectivity index (χ3n) is 3.37. The lowest BCUT2D eigenvalue weighted by Crippen LogP contribution is -2.35. The minimum Gasteiger partial charge on any atom is -0.323 e. The molecule has 1 aromatic carbocycles. The third-order valence-corrected chi connectivity index (χ3v) is 3.37. The molecule has 0 amide bonds. The summed E-state index contributed by atoms with van der Waals surface area (Å²) in [7, 11) is 0. The van der Waals surface area contributed by atoms with E-state index >= 15 is 0 Å². The summed E-state index contributed by atoms with van der Waals surface area (Å²) < 4.78 is 0. The maximum absolute atomic E-state index is 6.26. The van der Waals surface area contributed by atoms with Crippen molar-refractivity contribution in [3.05, 3.63) is 47.0 Å². The highest BCUT2D eigenvalue weighted by Crippen LogP contribution is 2.16. The molecule has 1 unspecified atom stereocenters. The van der Waals surface area contributed by atoms with Gasteiger partial charge in [0.2, 0.25) is 0 Å². The van der Waals surface area contributed by atoms with Gasteiger partial charge in [-0.05, 0) is 25.8 Å². The summed E-state index contributed by atoms with van der Waals surface area (Å²) in [6.45, 7) is 7.46. The molecule has 2 heteroatoms. The fourth-order valence-corrected chi connectivity index (χ4v) is 2.34. The first-order valence-corrected chi connectivity index (χ1v) is 6.35. The second kappa shape index (κ2) is 5.48. The highest BCUT2D eigenvalue weighted by Gasteiger charge is 2.14. The quantitative estimate of drug-likeness (QED) is 0.809. The van der Waals surface area contributed by atoms with Gasteiger partial charge >= 0.3 is 0 Å². The molecule has 0 bridgehead atoms. The summed E-state index contributed by atoms with van der Waals surface area (Å²) in [5.41, 5.74) is 10.3. The number of hydrogen-bond donors (Lipinski definition) is 1. The van der Waals surface area contributed by atoms with Gasteiger partial charge in [0.25, 0.3) is 0 Å². The van der Waals surface area contributed by atoms with E-state index in [1.165, 1.54) is 16.7 Å². The zero-order valence-electron chi connectivity index (χ0n) is 10.8. The monoisotopic (exact) mass is 230 g/mol. The largest absolute Gasteiger partial charge is 0.323 e. The molecule has 1 aliphatic heterocycles. The highest BCUT2D eigenvalue weighted by atomic mass is 15.1.